The summed E-state index contributed by atoms with van der Waals surface area (Å²) in [5, 5.41) is 2.55. The van der Waals surface area contributed by atoms with Crippen LogP contribution in [0.4, 0.5) is 19.0 Å². The molecule has 0 spiro atoms. The molecule has 0 aliphatic carbocycles. The zero-order valence-corrected chi connectivity index (χ0v) is 8.64. The lowest BCUT2D eigenvalue weighted by atomic mass is 10.4. The number of hydrogen-bond donors (Lipinski definition) is 1. The molecule has 0 aliphatic rings. The van der Waals surface area contributed by atoms with Crippen LogP contribution in [0, 0.1) is 3.57 Å². The fraction of sp³-hybridized carbons (Fsp3) is 0.333. The number of rotatable bonds is 1. The highest BCUT2D eigenvalue weighted by Gasteiger charge is 2.35. The maximum absolute atomic E-state index is 12.2. The Kier molecular flexibility index (Phi) is 2.94. The smallest absolute Gasteiger partial charge is 0.372 e. The Morgan fingerprint density at radius 2 is 2.00 bits per heavy atom. The topological polar surface area (TPSA) is 37.8 Å². The largest absolute Gasteiger partial charge is 0.434 e. The molecule has 1 aromatic rings. The summed E-state index contributed by atoms with van der Waals surface area (Å²) >= 11 is 1.56. The van der Waals surface area contributed by atoms with Crippen LogP contribution in [0.3, 0.4) is 0 Å². The number of halogens is 4. The van der Waals surface area contributed by atoms with E-state index in [2.05, 4.69) is 15.3 Å². The molecular weight excluding hydrogens is 298 g/mol. The Labute approximate surface area is 85.9 Å². The van der Waals surface area contributed by atoms with Crippen LogP contribution in [0.5, 0.6) is 0 Å². The van der Waals surface area contributed by atoms with E-state index >= 15 is 0 Å². The highest BCUT2D eigenvalue weighted by Crippen LogP contribution is 2.32. The van der Waals surface area contributed by atoms with Crippen molar-refractivity contribution in [3.8, 4) is 0 Å². The van der Waals surface area contributed by atoms with E-state index in [0.717, 1.165) is 6.33 Å². The van der Waals surface area contributed by atoms with Crippen molar-refractivity contribution >= 4 is 28.4 Å². The molecule has 7 heteroatoms. The summed E-state index contributed by atoms with van der Waals surface area (Å²) in [4.78, 5) is 6.82. The molecule has 0 saturated heterocycles. The van der Waals surface area contributed by atoms with Gasteiger partial charge in [-0.2, -0.15) is 13.2 Å². The zero-order chi connectivity index (χ0) is 10.1. The minimum Gasteiger partial charge on any atom is -0.372 e. The van der Waals surface area contributed by atoms with E-state index in [1.165, 1.54) is 7.05 Å². The molecule has 13 heavy (non-hydrogen) atoms. The molecule has 72 valence electrons. The summed E-state index contributed by atoms with van der Waals surface area (Å²) in [6, 6.07) is 0. The molecular formula is C6H5F3IN3. The van der Waals surface area contributed by atoms with Gasteiger partial charge in [-0.3, -0.25) is 0 Å². The van der Waals surface area contributed by atoms with Crippen LogP contribution in [-0.2, 0) is 6.18 Å². The van der Waals surface area contributed by atoms with Crippen molar-refractivity contribution in [2.45, 2.75) is 6.18 Å². The van der Waals surface area contributed by atoms with Crippen molar-refractivity contribution in [1.82, 2.24) is 9.97 Å². The lowest BCUT2D eigenvalue weighted by molar-refractivity contribution is -0.141. The molecule has 1 N–H and O–H groups in total. The summed E-state index contributed by atoms with van der Waals surface area (Å²) < 4.78 is 36.7. The van der Waals surface area contributed by atoms with Crippen LogP contribution in [0.25, 0.3) is 0 Å². The number of alkyl halides is 3. The quantitative estimate of drug-likeness (QED) is 0.808. The number of nitrogens with zero attached hydrogens (tertiary/aromatic N) is 2. The third-order valence-electron chi connectivity index (χ3n) is 1.29. The minimum absolute atomic E-state index is 0.0184. The standard InChI is InChI=1S/C6H5F3IN3/c1-11-5-3(10)4(6(7,8)9)12-2-13-5/h2H,1H3,(H,11,12,13). The Morgan fingerprint density at radius 1 is 1.38 bits per heavy atom. The molecule has 1 rings (SSSR count). The average Bonchev–Trinajstić information content (AvgIpc) is 2.02. The lowest BCUT2D eigenvalue weighted by Crippen LogP contribution is -2.12. The van der Waals surface area contributed by atoms with Gasteiger partial charge in [-0.15, -0.1) is 0 Å². The van der Waals surface area contributed by atoms with E-state index in [-0.39, 0.29) is 9.39 Å². The highest BCUT2D eigenvalue weighted by atomic mass is 127. The van der Waals surface area contributed by atoms with Gasteiger partial charge in [0, 0.05) is 7.05 Å². The second kappa shape index (κ2) is 3.64. The van der Waals surface area contributed by atoms with Gasteiger partial charge in [0.1, 0.15) is 12.1 Å². The van der Waals surface area contributed by atoms with E-state index in [1.807, 2.05) is 0 Å². The number of hydrogen-bond acceptors (Lipinski definition) is 3. The molecule has 0 radical (unpaired) electrons. The second-order valence-electron chi connectivity index (χ2n) is 2.13. The first kappa shape index (κ1) is 10.5. The molecule has 1 aromatic heterocycles. The monoisotopic (exact) mass is 303 g/mol. The predicted molar refractivity (Wildman–Crippen MR) is 49.3 cm³/mol. The summed E-state index contributed by atoms with van der Waals surface area (Å²) in [7, 11) is 1.50. The van der Waals surface area contributed by atoms with E-state index in [0.29, 0.717) is 0 Å². The van der Waals surface area contributed by atoms with Gasteiger partial charge in [-0.1, -0.05) is 0 Å². The first-order valence-electron chi connectivity index (χ1n) is 3.22. The van der Waals surface area contributed by atoms with E-state index < -0.39 is 11.9 Å². The first-order valence-corrected chi connectivity index (χ1v) is 4.30. The Balaban J connectivity index is 3.24. The van der Waals surface area contributed by atoms with Crippen LogP contribution >= 0.6 is 22.6 Å². The van der Waals surface area contributed by atoms with Crippen molar-refractivity contribution < 1.29 is 13.2 Å². The van der Waals surface area contributed by atoms with E-state index in [4.69, 9.17) is 0 Å². The first-order chi connectivity index (χ1) is 5.96. The third-order valence-corrected chi connectivity index (χ3v) is 2.32. The van der Waals surface area contributed by atoms with Gasteiger partial charge in [0.25, 0.3) is 0 Å². The maximum Gasteiger partial charge on any atom is 0.434 e. The normalized spacial score (nSPS) is 11.5. The summed E-state index contributed by atoms with van der Waals surface area (Å²) in [6.07, 6.45) is -3.54. The zero-order valence-electron chi connectivity index (χ0n) is 6.48. The van der Waals surface area contributed by atoms with Gasteiger partial charge in [-0.25, -0.2) is 9.97 Å². The minimum atomic E-state index is -4.43. The molecule has 1 heterocycles. The SMILES string of the molecule is CNc1ncnc(C(F)(F)F)c1I. The molecule has 0 unspecified atom stereocenters. The molecule has 0 aliphatic heterocycles. The summed E-state index contributed by atoms with van der Waals surface area (Å²) in [6.45, 7) is 0. The number of anilines is 1. The van der Waals surface area contributed by atoms with Gasteiger partial charge >= 0.3 is 6.18 Å². The van der Waals surface area contributed by atoms with E-state index in [1.54, 1.807) is 22.6 Å². The molecule has 0 bridgehead atoms. The van der Waals surface area contributed by atoms with E-state index in [9.17, 15) is 13.2 Å². The van der Waals surface area contributed by atoms with Crippen LogP contribution in [0.15, 0.2) is 6.33 Å². The Hall–Kier alpha value is -0.600. The van der Waals surface area contributed by atoms with Crippen LogP contribution in [-0.4, -0.2) is 17.0 Å². The summed E-state index contributed by atoms with van der Waals surface area (Å²) in [5.74, 6) is 0.183. The van der Waals surface area contributed by atoms with Crippen LogP contribution < -0.4 is 5.32 Å². The number of aromatic nitrogens is 2. The van der Waals surface area contributed by atoms with Crippen molar-refractivity contribution in [3.05, 3.63) is 15.6 Å². The Morgan fingerprint density at radius 3 is 2.46 bits per heavy atom. The number of nitrogens with one attached hydrogen (secondary N) is 1. The van der Waals surface area contributed by atoms with Crippen LogP contribution in [0.1, 0.15) is 5.69 Å². The fourth-order valence-corrected chi connectivity index (χ4v) is 1.60. The predicted octanol–water partition coefficient (Wildman–Crippen LogP) is 2.14. The van der Waals surface area contributed by atoms with Gasteiger partial charge in [0.05, 0.1) is 3.57 Å². The lowest BCUT2D eigenvalue weighted by Gasteiger charge is -2.09. The van der Waals surface area contributed by atoms with Crippen molar-refractivity contribution in [2.24, 2.45) is 0 Å². The molecule has 0 fully saturated rings. The van der Waals surface area contributed by atoms with Crippen molar-refractivity contribution in [1.29, 1.82) is 0 Å². The average molecular weight is 303 g/mol. The molecule has 0 atom stereocenters. The van der Waals surface area contributed by atoms with Gasteiger partial charge < -0.3 is 5.32 Å². The second-order valence-corrected chi connectivity index (χ2v) is 3.21. The molecule has 0 saturated carbocycles. The van der Waals surface area contributed by atoms with Gasteiger partial charge in [0.15, 0.2) is 5.69 Å². The van der Waals surface area contributed by atoms with Gasteiger partial charge in [-0.05, 0) is 22.6 Å². The fourth-order valence-electron chi connectivity index (χ4n) is 0.742. The van der Waals surface area contributed by atoms with Crippen LogP contribution in [0.2, 0.25) is 0 Å². The summed E-state index contributed by atoms with van der Waals surface area (Å²) in [5.41, 5.74) is -0.910. The van der Waals surface area contributed by atoms with Crippen molar-refractivity contribution in [2.75, 3.05) is 12.4 Å². The highest BCUT2D eigenvalue weighted by molar-refractivity contribution is 14.1. The van der Waals surface area contributed by atoms with Crippen molar-refractivity contribution in [3.63, 3.8) is 0 Å². The molecule has 0 amide bonds. The van der Waals surface area contributed by atoms with Gasteiger partial charge in [0.2, 0.25) is 0 Å². The molecule has 3 nitrogen and oxygen atoms in total. The maximum atomic E-state index is 12.2. The third kappa shape index (κ3) is 2.20. The Bertz CT molecular complexity index is 312. The molecule has 0 aromatic carbocycles.